The highest BCUT2D eigenvalue weighted by molar-refractivity contribution is 7.80. The second kappa shape index (κ2) is 8.34. The van der Waals surface area contributed by atoms with Crippen molar-refractivity contribution in [2.45, 2.75) is 40.2 Å². The molecule has 0 aliphatic carbocycles. The number of hydrogen-bond donors (Lipinski definition) is 1. The zero-order chi connectivity index (χ0) is 18.6. The standard InChI is InChI=1S/C19H26N2O3S/c1-6-10-24-15-9-8-14(11-16(15)23-5)18-17(13(4)22)12(3)21(7-2)19(25)20-18/h8-9,11,18H,6-7,10H2,1-5H3,(H,20,25). The molecule has 1 N–H and O–H groups in total. The molecule has 1 aromatic carbocycles. The number of carbonyl (C=O) groups excluding carboxylic acids is 1. The Labute approximate surface area is 155 Å². The van der Waals surface area contributed by atoms with Crippen LogP contribution in [0.2, 0.25) is 0 Å². The summed E-state index contributed by atoms with van der Waals surface area (Å²) in [5.74, 6) is 1.38. The smallest absolute Gasteiger partial charge is 0.173 e. The maximum atomic E-state index is 12.3. The van der Waals surface area contributed by atoms with E-state index in [1.807, 2.05) is 36.9 Å². The van der Waals surface area contributed by atoms with Crippen molar-refractivity contribution in [3.05, 3.63) is 35.0 Å². The van der Waals surface area contributed by atoms with Gasteiger partial charge in [-0.1, -0.05) is 13.0 Å². The number of hydrogen-bond acceptors (Lipinski definition) is 4. The third kappa shape index (κ3) is 3.95. The number of nitrogens with zero attached hydrogens (tertiary/aromatic N) is 1. The molecule has 1 aliphatic heterocycles. The number of nitrogens with one attached hydrogen (secondary N) is 1. The van der Waals surface area contributed by atoms with Gasteiger partial charge in [-0.15, -0.1) is 0 Å². The van der Waals surface area contributed by atoms with Crippen LogP contribution in [0, 0.1) is 0 Å². The lowest BCUT2D eigenvalue weighted by atomic mass is 9.92. The fourth-order valence-electron chi connectivity index (χ4n) is 3.06. The van der Waals surface area contributed by atoms with E-state index in [0.717, 1.165) is 23.3 Å². The number of benzene rings is 1. The Balaban J connectivity index is 2.47. The molecule has 1 unspecified atom stereocenters. The molecule has 0 amide bonds. The summed E-state index contributed by atoms with van der Waals surface area (Å²) < 4.78 is 11.2. The molecule has 0 aromatic heterocycles. The highest BCUT2D eigenvalue weighted by atomic mass is 32.1. The van der Waals surface area contributed by atoms with Crippen LogP contribution in [-0.4, -0.2) is 36.1 Å². The van der Waals surface area contributed by atoms with Crippen molar-refractivity contribution < 1.29 is 14.3 Å². The molecule has 0 radical (unpaired) electrons. The molecule has 1 heterocycles. The molecule has 5 nitrogen and oxygen atoms in total. The number of allylic oxidation sites excluding steroid dienone is 1. The Bertz CT molecular complexity index is 700. The monoisotopic (exact) mass is 362 g/mol. The van der Waals surface area contributed by atoms with Gasteiger partial charge in [0.15, 0.2) is 22.4 Å². The van der Waals surface area contributed by atoms with Crippen LogP contribution in [0.5, 0.6) is 11.5 Å². The number of ether oxygens (including phenoxy) is 2. The van der Waals surface area contributed by atoms with Crippen LogP contribution in [-0.2, 0) is 4.79 Å². The Morgan fingerprint density at radius 2 is 2.04 bits per heavy atom. The Kier molecular flexibility index (Phi) is 6.42. The first-order chi connectivity index (χ1) is 11.9. The van der Waals surface area contributed by atoms with Crippen LogP contribution in [0.3, 0.4) is 0 Å². The Morgan fingerprint density at radius 3 is 2.60 bits per heavy atom. The van der Waals surface area contributed by atoms with E-state index in [1.165, 1.54) is 0 Å². The van der Waals surface area contributed by atoms with Gasteiger partial charge in [0.05, 0.1) is 19.8 Å². The highest BCUT2D eigenvalue weighted by Gasteiger charge is 2.31. The summed E-state index contributed by atoms with van der Waals surface area (Å²) in [6, 6.07) is 5.45. The van der Waals surface area contributed by atoms with Gasteiger partial charge >= 0.3 is 0 Å². The topological polar surface area (TPSA) is 50.8 Å². The van der Waals surface area contributed by atoms with Crippen LogP contribution >= 0.6 is 12.2 Å². The fourth-order valence-corrected chi connectivity index (χ4v) is 3.45. The van der Waals surface area contributed by atoms with Crippen molar-refractivity contribution in [2.75, 3.05) is 20.3 Å². The van der Waals surface area contributed by atoms with E-state index in [-0.39, 0.29) is 11.8 Å². The molecule has 1 aliphatic rings. The molecule has 6 heteroatoms. The first kappa shape index (κ1) is 19.2. The summed E-state index contributed by atoms with van der Waals surface area (Å²) >= 11 is 5.48. The van der Waals surface area contributed by atoms with Crippen LogP contribution in [0.25, 0.3) is 0 Å². The zero-order valence-corrected chi connectivity index (χ0v) is 16.3. The molecule has 136 valence electrons. The first-order valence-electron chi connectivity index (χ1n) is 8.55. The minimum atomic E-state index is -0.290. The molecule has 2 rings (SSSR count). The molecular formula is C19H26N2O3S. The first-order valence-corrected chi connectivity index (χ1v) is 8.95. The number of methoxy groups -OCH3 is 1. The fraction of sp³-hybridized carbons (Fsp3) is 0.474. The van der Waals surface area contributed by atoms with Gasteiger partial charge in [0.1, 0.15) is 0 Å². The van der Waals surface area contributed by atoms with Crippen LogP contribution in [0.1, 0.15) is 45.7 Å². The molecule has 25 heavy (non-hydrogen) atoms. The molecular weight excluding hydrogens is 336 g/mol. The predicted octanol–water partition coefficient (Wildman–Crippen LogP) is 3.60. The van der Waals surface area contributed by atoms with Crippen LogP contribution in [0.15, 0.2) is 29.5 Å². The molecule has 1 atom stereocenters. The number of Topliss-reactive ketones (excluding diaryl/α,β-unsaturated/α-hetero) is 1. The maximum absolute atomic E-state index is 12.3. The van der Waals surface area contributed by atoms with Gasteiger partial charge in [-0.25, -0.2) is 0 Å². The second-order valence-corrected chi connectivity index (χ2v) is 6.33. The lowest BCUT2D eigenvalue weighted by Gasteiger charge is -2.37. The molecule has 1 aromatic rings. The number of thiocarbonyl (C=S) groups is 1. The van der Waals surface area contributed by atoms with E-state index in [1.54, 1.807) is 14.0 Å². The van der Waals surface area contributed by atoms with Crippen LogP contribution < -0.4 is 14.8 Å². The van der Waals surface area contributed by atoms with Gasteiger partial charge in [0.25, 0.3) is 0 Å². The molecule has 0 saturated carbocycles. The van der Waals surface area contributed by atoms with Crippen LogP contribution in [0.4, 0.5) is 0 Å². The Morgan fingerprint density at radius 1 is 1.32 bits per heavy atom. The quantitative estimate of drug-likeness (QED) is 0.748. The van der Waals surface area contributed by atoms with E-state index in [0.29, 0.717) is 29.8 Å². The van der Waals surface area contributed by atoms with Crippen molar-refractivity contribution in [3.63, 3.8) is 0 Å². The Hall–Kier alpha value is -2.08. The van der Waals surface area contributed by atoms with Crippen molar-refractivity contribution in [1.82, 2.24) is 10.2 Å². The zero-order valence-electron chi connectivity index (χ0n) is 15.5. The number of ketones is 1. The number of rotatable bonds is 7. The minimum absolute atomic E-state index is 0.0289. The van der Waals surface area contributed by atoms with E-state index in [4.69, 9.17) is 21.7 Å². The summed E-state index contributed by atoms with van der Waals surface area (Å²) in [5.41, 5.74) is 2.54. The normalized spacial score (nSPS) is 17.4. The third-order valence-electron chi connectivity index (χ3n) is 4.27. The molecule has 0 saturated heterocycles. The lowest BCUT2D eigenvalue weighted by molar-refractivity contribution is -0.114. The summed E-state index contributed by atoms with van der Waals surface area (Å²) in [5, 5.41) is 3.92. The summed E-state index contributed by atoms with van der Waals surface area (Å²) in [7, 11) is 1.61. The maximum Gasteiger partial charge on any atom is 0.173 e. The van der Waals surface area contributed by atoms with Gasteiger partial charge in [0.2, 0.25) is 0 Å². The van der Waals surface area contributed by atoms with Crippen molar-refractivity contribution >= 4 is 23.1 Å². The largest absolute Gasteiger partial charge is 0.493 e. The van der Waals surface area contributed by atoms with Crippen molar-refractivity contribution in [1.29, 1.82) is 0 Å². The van der Waals surface area contributed by atoms with E-state index < -0.39 is 0 Å². The number of carbonyl (C=O) groups is 1. The predicted molar refractivity (Wildman–Crippen MR) is 103 cm³/mol. The second-order valence-electron chi connectivity index (χ2n) is 5.94. The van der Waals surface area contributed by atoms with Gasteiger partial charge in [-0.3, -0.25) is 4.79 Å². The van der Waals surface area contributed by atoms with Gasteiger partial charge < -0.3 is 19.7 Å². The van der Waals surface area contributed by atoms with Crippen molar-refractivity contribution in [2.24, 2.45) is 0 Å². The van der Waals surface area contributed by atoms with E-state index in [2.05, 4.69) is 12.2 Å². The molecule has 0 fully saturated rings. The van der Waals surface area contributed by atoms with Crippen molar-refractivity contribution in [3.8, 4) is 11.5 Å². The minimum Gasteiger partial charge on any atom is -0.493 e. The lowest BCUT2D eigenvalue weighted by Crippen LogP contribution is -2.47. The average molecular weight is 362 g/mol. The summed E-state index contributed by atoms with van der Waals surface area (Å²) in [6.45, 7) is 8.94. The SMILES string of the molecule is CCCOc1ccc(C2NC(=S)N(CC)C(C)=C2C(C)=O)cc1OC. The molecule has 0 bridgehead atoms. The van der Waals surface area contributed by atoms with E-state index >= 15 is 0 Å². The summed E-state index contributed by atoms with van der Waals surface area (Å²) in [6.07, 6.45) is 0.923. The van der Waals surface area contributed by atoms with E-state index in [9.17, 15) is 4.79 Å². The third-order valence-corrected chi connectivity index (χ3v) is 4.61. The van der Waals surface area contributed by atoms with Gasteiger partial charge in [0, 0.05) is 17.8 Å². The summed E-state index contributed by atoms with van der Waals surface area (Å²) in [4.78, 5) is 14.2. The van der Waals surface area contributed by atoms with Gasteiger partial charge in [-0.2, -0.15) is 0 Å². The molecule has 0 spiro atoms. The highest BCUT2D eigenvalue weighted by Crippen LogP contribution is 2.36. The van der Waals surface area contributed by atoms with Gasteiger partial charge in [-0.05, 0) is 57.1 Å². The average Bonchev–Trinajstić information content (AvgIpc) is 2.59.